The first-order valence-electron chi connectivity index (χ1n) is 6.07. The second-order valence-electron chi connectivity index (χ2n) is 4.49. The van der Waals surface area contributed by atoms with Gasteiger partial charge in [-0.3, -0.25) is 4.52 Å². The van der Waals surface area contributed by atoms with Crippen molar-refractivity contribution in [1.82, 2.24) is 4.67 Å². The van der Waals surface area contributed by atoms with Crippen LogP contribution in [0.3, 0.4) is 0 Å². The molecule has 0 aromatic heterocycles. The molecule has 1 unspecified atom stereocenters. The average Bonchev–Trinajstić information content (AvgIpc) is 2.95. The monoisotopic (exact) mass is 269 g/mol. The lowest BCUT2D eigenvalue weighted by atomic mass is 10.2. The number of rotatable bonds is 3. The van der Waals surface area contributed by atoms with Gasteiger partial charge in [0.1, 0.15) is 11.5 Å². The number of methoxy groups -OCH3 is 1. The van der Waals surface area contributed by atoms with E-state index in [9.17, 15) is 4.57 Å². The third-order valence-corrected chi connectivity index (χ3v) is 5.43. The van der Waals surface area contributed by atoms with Gasteiger partial charge in [-0.15, -0.1) is 0 Å². The van der Waals surface area contributed by atoms with Crippen molar-refractivity contribution in [3.63, 3.8) is 0 Å². The predicted molar refractivity (Wildman–Crippen MR) is 66.9 cm³/mol. The predicted octanol–water partition coefficient (Wildman–Crippen LogP) is 2.68. The smallest absolute Gasteiger partial charge is 0.461 e. The fraction of sp³-hybridized carbons (Fsp3) is 0.500. The highest BCUT2D eigenvalue weighted by Gasteiger charge is 2.49. The van der Waals surface area contributed by atoms with Crippen molar-refractivity contribution in [3.8, 4) is 11.5 Å². The molecule has 2 heterocycles. The van der Waals surface area contributed by atoms with Crippen molar-refractivity contribution < 1.29 is 18.3 Å². The van der Waals surface area contributed by atoms with Crippen LogP contribution in [-0.2, 0) is 9.09 Å². The second kappa shape index (κ2) is 4.57. The maximum absolute atomic E-state index is 12.6. The van der Waals surface area contributed by atoms with E-state index in [1.54, 1.807) is 25.3 Å². The molecular weight excluding hydrogens is 253 g/mol. The molecule has 98 valence electrons. The standard InChI is InChI=1S/C12H16NO4P/c1-15-11-5-2-6-12(8-11)17-18(14)13-7-3-4-10(13)9-16-18/h2,5-6,8,10H,3-4,7,9H2,1H3/t10-,18?/m0/s1. The molecule has 0 N–H and O–H groups in total. The van der Waals surface area contributed by atoms with Crippen LogP contribution in [0.25, 0.3) is 0 Å². The van der Waals surface area contributed by atoms with Gasteiger partial charge in [-0.2, -0.15) is 4.67 Å². The zero-order valence-electron chi connectivity index (χ0n) is 10.2. The zero-order chi connectivity index (χ0) is 12.6. The van der Waals surface area contributed by atoms with E-state index in [1.807, 2.05) is 10.7 Å². The van der Waals surface area contributed by atoms with Gasteiger partial charge in [0.25, 0.3) is 0 Å². The van der Waals surface area contributed by atoms with Gasteiger partial charge in [-0.1, -0.05) is 6.07 Å². The minimum absolute atomic E-state index is 0.251. The van der Waals surface area contributed by atoms with Crippen LogP contribution >= 0.6 is 7.75 Å². The number of hydrogen-bond donors (Lipinski definition) is 0. The van der Waals surface area contributed by atoms with Crippen LogP contribution in [0.5, 0.6) is 11.5 Å². The molecule has 0 amide bonds. The average molecular weight is 269 g/mol. The lowest BCUT2D eigenvalue weighted by Gasteiger charge is -2.21. The Hall–Kier alpha value is -1.03. The molecule has 1 aromatic carbocycles. The SMILES string of the molecule is COc1cccc(OP2(=O)OC[C@@H]3CCCN32)c1. The summed E-state index contributed by atoms with van der Waals surface area (Å²) >= 11 is 0. The van der Waals surface area contributed by atoms with Crippen LogP contribution in [0, 0.1) is 0 Å². The first kappa shape index (κ1) is 12.0. The van der Waals surface area contributed by atoms with Crippen LogP contribution in [0.4, 0.5) is 0 Å². The Balaban J connectivity index is 1.81. The molecule has 1 aromatic rings. The molecule has 6 heteroatoms. The molecule has 5 nitrogen and oxygen atoms in total. The summed E-state index contributed by atoms with van der Waals surface area (Å²) < 4.78 is 30.6. The maximum Gasteiger partial charge on any atom is 0.461 e. The van der Waals surface area contributed by atoms with Gasteiger partial charge >= 0.3 is 7.75 Å². The lowest BCUT2D eigenvalue weighted by molar-refractivity contribution is 0.287. The Morgan fingerprint density at radius 2 is 2.28 bits per heavy atom. The van der Waals surface area contributed by atoms with Crippen LogP contribution in [0.1, 0.15) is 12.8 Å². The molecule has 2 aliphatic heterocycles. The van der Waals surface area contributed by atoms with Crippen LogP contribution < -0.4 is 9.26 Å². The van der Waals surface area contributed by atoms with E-state index in [2.05, 4.69) is 0 Å². The molecular formula is C12H16NO4P. The number of fused-ring (bicyclic) bond motifs is 1. The van der Waals surface area contributed by atoms with Gasteiger partial charge in [0.05, 0.1) is 13.7 Å². The van der Waals surface area contributed by atoms with Crippen LogP contribution in [0.2, 0.25) is 0 Å². The van der Waals surface area contributed by atoms with E-state index in [-0.39, 0.29) is 6.04 Å². The molecule has 0 bridgehead atoms. The summed E-state index contributed by atoms with van der Waals surface area (Å²) in [7, 11) is -1.56. The Kier molecular flexibility index (Phi) is 3.06. The molecule has 0 aliphatic carbocycles. The van der Waals surface area contributed by atoms with Crippen molar-refractivity contribution >= 4 is 7.75 Å². The molecule has 2 aliphatic rings. The summed E-state index contributed by atoms with van der Waals surface area (Å²) in [5.41, 5.74) is 0. The van der Waals surface area contributed by atoms with Crippen LogP contribution in [0.15, 0.2) is 24.3 Å². The van der Waals surface area contributed by atoms with Crippen LogP contribution in [-0.4, -0.2) is 31.0 Å². The zero-order valence-corrected chi connectivity index (χ0v) is 11.1. The quantitative estimate of drug-likeness (QED) is 0.789. The van der Waals surface area contributed by atoms with Crippen molar-refractivity contribution in [3.05, 3.63) is 24.3 Å². The molecule has 0 saturated carbocycles. The summed E-state index contributed by atoms with van der Waals surface area (Å²) in [4.78, 5) is 0. The molecule has 18 heavy (non-hydrogen) atoms. The summed E-state index contributed by atoms with van der Waals surface area (Å²) in [6.45, 7) is 1.28. The highest BCUT2D eigenvalue weighted by molar-refractivity contribution is 7.52. The van der Waals surface area contributed by atoms with E-state index < -0.39 is 7.75 Å². The van der Waals surface area contributed by atoms with Gasteiger partial charge in [-0.05, 0) is 25.0 Å². The molecule has 0 spiro atoms. The minimum atomic E-state index is -3.15. The Morgan fingerprint density at radius 1 is 1.44 bits per heavy atom. The first-order chi connectivity index (χ1) is 8.71. The molecule has 3 rings (SSSR count). The Labute approximate surface area is 106 Å². The fourth-order valence-electron chi connectivity index (χ4n) is 2.44. The van der Waals surface area contributed by atoms with Gasteiger partial charge in [0.15, 0.2) is 0 Å². The van der Waals surface area contributed by atoms with Crippen molar-refractivity contribution in [2.75, 3.05) is 20.3 Å². The third-order valence-electron chi connectivity index (χ3n) is 3.35. The summed E-state index contributed by atoms with van der Waals surface area (Å²) in [6, 6.07) is 7.34. The molecule has 2 fully saturated rings. The minimum Gasteiger partial charge on any atom is -0.497 e. The summed E-state index contributed by atoms with van der Waals surface area (Å²) in [5.74, 6) is 1.20. The van der Waals surface area contributed by atoms with Gasteiger partial charge < -0.3 is 9.26 Å². The summed E-state index contributed by atoms with van der Waals surface area (Å²) in [5, 5.41) is 0. The number of benzene rings is 1. The molecule has 2 atom stereocenters. The van der Waals surface area contributed by atoms with Crippen molar-refractivity contribution in [2.45, 2.75) is 18.9 Å². The number of hydrogen-bond acceptors (Lipinski definition) is 4. The Bertz CT molecular complexity index is 493. The topological polar surface area (TPSA) is 48.0 Å². The second-order valence-corrected chi connectivity index (χ2v) is 6.39. The number of ether oxygens (including phenoxy) is 1. The maximum atomic E-state index is 12.6. The van der Waals surface area contributed by atoms with Gasteiger partial charge in [-0.25, -0.2) is 4.57 Å². The van der Waals surface area contributed by atoms with E-state index in [1.165, 1.54) is 0 Å². The first-order valence-corrected chi connectivity index (χ1v) is 7.56. The van der Waals surface area contributed by atoms with E-state index in [4.69, 9.17) is 13.8 Å². The van der Waals surface area contributed by atoms with E-state index in [0.29, 0.717) is 18.1 Å². The Morgan fingerprint density at radius 3 is 3.11 bits per heavy atom. The van der Waals surface area contributed by atoms with Crippen molar-refractivity contribution in [1.29, 1.82) is 0 Å². The fourth-order valence-corrected chi connectivity index (χ4v) is 4.45. The third kappa shape index (κ3) is 2.03. The van der Waals surface area contributed by atoms with Gasteiger partial charge in [0.2, 0.25) is 0 Å². The summed E-state index contributed by atoms with van der Waals surface area (Å²) in [6.07, 6.45) is 2.09. The highest BCUT2D eigenvalue weighted by atomic mass is 31.2. The molecule has 2 saturated heterocycles. The lowest BCUT2D eigenvalue weighted by Crippen LogP contribution is -2.22. The van der Waals surface area contributed by atoms with E-state index >= 15 is 0 Å². The van der Waals surface area contributed by atoms with E-state index in [0.717, 1.165) is 19.4 Å². The normalized spacial score (nSPS) is 31.3. The highest BCUT2D eigenvalue weighted by Crippen LogP contribution is 2.59. The number of nitrogens with zero attached hydrogens (tertiary/aromatic N) is 1. The largest absolute Gasteiger partial charge is 0.497 e. The van der Waals surface area contributed by atoms with Crippen molar-refractivity contribution in [2.24, 2.45) is 0 Å². The van der Waals surface area contributed by atoms with Gasteiger partial charge in [0, 0.05) is 18.7 Å². The molecule has 0 radical (unpaired) electrons.